The van der Waals surface area contributed by atoms with Gasteiger partial charge in [0.25, 0.3) is 0 Å². The molecule has 2 aromatic rings. The van der Waals surface area contributed by atoms with Crippen molar-refractivity contribution in [3.8, 4) is 0 Å². The van der Waals surface area contributed by atoms with Crippen molar-refractivity contribution in [3.63, 3.8) is 0 Å². The number of hydrogen-bond donors (Lipinski definition) is 2. The van der Waals surface area contributed by atoms with Crippen LogP contribution < -0.4 is 10.6 Å². The van der Waals surface area contributed by atoms with E-state index in [1.165, 1.54) is 18.4 Å². The lowest BCUT2D eigenvalue weighted by molar-refractivity contribution is 0.461. The molecule has 0 radical (unpaired) electrons. The fourth-order valence-electron chi connectivity index (χ4n) is 3.00. The van der Waals surface area contributed by atoms with Crippen LogP contribution in [0.5, 0.6) is 0 Å². The number of anilines is 2. The van der Waals surface area contributed by atoms with Gasteiger partial charge in [-0.05, 0) is 63.4 Å². The van der Waals surface area contributed by atoms with Crippen molar-refractivity contribution < 1.29 is 0 Å². The van der Waals surface area contributed by atoms with Crippen molar-refractivity contribution in [3.05, 3.63) is 47.3 Å². The molecule has 2 heterocycles. The summed E-state index contributed by atoms with van der Waals surface area (Å²) in [6, 6.07) is 10.5. The van der Waals surface area contributed by atoms with Gasteiger partial charge in [-0.2, -0.15) is 0 Å². The molecule has 0 bridgehead atoms. The van der Waals surface area contributed by atoms with Crippen LogP contribution in [0.1, 0.15) is 35.7 Å². The Balaban J connectivity index is 1.87. The Kier molecular flexibility index (Phi) is 4.15. The number of benzene rings is 1. The molecule has 0 unspecified atom stereocenters. The molecule has 1 aliphatic heterocycles. The summed E-state index contributed by atoms with van der Waals surface area (Å²) in [5, 5.41) is 6.83. The Morgan fingerprint density at radius 1 is 1.05 bits per heavy atom. The Morgan fingerprint density at radius 2 is 1.71 bits per heavy atom. The maximum atomic E-state index is 4.48. The Bertz CT molecular complexity index is 598. The molecule has 1 aromatic heterocycles. The summed E-state index contributed by atoms with van der Waals surface area (Å²) in [7, 11) is 0. The summed E-state index contributed by atoms with van der Waals surface area (Å²) in [4.78, 5) is 8.96. The lowest BCUT2D eigenvalue weighted by Crippen LogP contribution is -2.27. The molecule has 1 aliphatic rings. The number of aromatic nitrogens is 2. The first-order valence-electron chi connectivity index (χ1n) is 7.61. The predicted molar refractivity (Wildman–Crippen MR) is 86.1 cm³/mol. The van der Waals surface area contributed by atoms with E-state index >= 15 is 0 Å². The number of para-hydroxylation sites is 1. The van der Waals surface area contributed by atoms with Gasteiger partial charge in [0.05, 0.1) is 0 Å². The third kappa shape index (κ3) is 3.39. The number of nitrogens with one attached hydrogen (secondary N) is 2. The molecule has 0 atom stereocenters. The van der Waals surface area contributed by atoms with E-state index in [0.717, 1.165) is 30.2 Å². The fraction of sp³-hybridized carbons (Fsp3) is 0.412. The molecular formula is C17H22N4. The van der Waals surface area contributed by atoms with Gasteiger partial charge >= 0.3 is 0 Å². The summed E-state index contributed by atoms with van der Waals surface area (Å²) in [6.07, 6.45) is 2.37. The molecule has 0 saturated carbocycles. The van der Waals surface area contributed by atoms with Gasteiger partial charge < -0.3 is 10.6 Å². The average molecular weight is 282 g/mol. The first kappa shape index (κ1) is 14.0. The molecule has 0 aliphatic carbocycles. The van der Waals surface area contributed by atoms with E-state index in [-0.39, 0.29) is 0 Å². The minimum atomic E-state index is 0.612. The Labute approximate surface area is 126 Å². The highest BCUT2D eigenvalue weighted by atomic mass is 15.1. The Morgan fingerprint density at radius 3 is 2.43 bits per heavy atom. The van der Waals surface area contributed by atoms with Crippen LogP contribution >= 0.6 is 0 Å². The molecule has 3 rings (SSSR count). The zero-order valence-electron chi connectivity index (χ0n) is 12.7. The van der Waals surface area contributed by atoms with Crippen molar-refractivity contribution in [2.45, 2.75) is 32.6 Å². The molecular weight excluding hydrogens is 260 g/mol. The van der Waals surface area contributed by atoms with Gasteiger partial charge in [0, 0.05) is 17.1 Å². The second-order valence-corrected chi connectivity index (χ2v) is 5.71. The van der Waals surface area contributed by atoms with Crippen LogP contribution in [0.15, 0.2) is 30.3 Å². The van der Waals surface area contributed by atoms with Crippen molar-refractivity contribution in [2.75, 3.05) is 18.4 Å². The summed E-state index contributed by atoms with van der Waals surface area (Å²) in [5.74, 6) is 1.30. The van der Waals surface area contributed by atoms with E-state index in [4.69, 9.17) is 0 Å². The molecule has 1 saturated heterocycles. The van der Waals surface area contributed by atoms with Crippen LogP contribution in [0.2, 0.25) is 0 Å². The van der Waals surface area contributed by atoms with Crippen LogP contribution in [0.4, 0.5) is 11.6 Å². The standard InChI is InChI=1S/C17H22N4/c1-12-11-13(2)20-17(19-12)21-16-6-4-3-5-15(16)14-7-9-18-10-8-14/h3-6,11,14,18H,7-10H2,1-2H3,(H,19,20,21). The van der Waals surface area contributed by atoms with E-state index in [9.17, 15) is 0 Å². The zero-order valence-corrected chi connectivity index (χ0v) is 12.7. The van der Waals surface area contributed by atoms with Crippen molar-refractivity contribution in [2.24, 2.45) is 0 Å². The molecule has 4 heteroatoms. The van der Waals surface area contributed by atoms with E-state index in [0.29, 0.717) is 11.9 Å². The van der Waals surface area contributed by atoms with Gasteiger partial charge in [-0.1, -0.05) is 18.2 Å². The van der Waals surface area contributed by atoms with E-state index in [1.807, 2.05) is 19.9 Å². The highest BCUT2D eigenvalue weighted by molar-refractivity contribution is 5.59. The molecule has 1 aromatic carbocycles. The summed E-state index contributed by atoms with van der Waals surface area (Å²) in [5.41, 5.74) is 4.49. The third-order valence-corrected chi connectivity index (χ3v) is 3.97. The van der Waals surface area contributed by atoms with Gasteiger partial charge in [-0.3, -0.25) is 0 Å². The molecule has 0 amide bonds. The second kappa shape index (κ2) is 6.22. The first-order chi connectivity index (χ1) is 10.2. The monoisotopic (exact) mass is 282 g/mol. The molecule has 1 fully saturated rings. The second-order valence-electron chi connectivity index (χ2n) is 5.71. The number of hydrogen-bond acceptors (Lipinski definition) is 4. The van der Waals surface area contributed by atoms with E-state index in [2.05, 4.69) is 44.9 Å². The first-order valence-corrected chi connectivity index (χ1v) is 7.61. The van der Waals surface area contributed by atoms with E-state index < -0.39 is 0 Å². The van der Waals surface area contributed by atoms with Gasteiger partial charge in [0.2, 0.25) is 5.95 Å². The Hall–Kier alpha value is -1.94. The molecule has 0 spiro atoms. The number of nitrogens with zero attached hydrogens (tertiary/aromatic N) is 2. The predicted octanol–water partition coefficient (Wildman–Crippen LogP) is 3.30. The summed E-state index contributed by atoms with van der Waals surface area (Å²) in [6.45, 7) is 6.19. The smallest absolute Gasteiger partial charge is 0.227 e. The van der Waals surface area contributed by atoms with Crippen LogP contribution in [0.25, 0.3) is 0 Å². The number of piperidine rings is 1. The minimum Gasteiger partial charge on any atom is -0.324 e. The quantitative estimate of drug-likeness (QED) is 0.907. The van der Waals surface area contributed by atoms with Crippen LogP contribution in [0.3, 0.4) is 0 Å². The van der Waals surface area contributed by atoms with Crippen LogP contribution in [0, 0.1) is 13.8 Å². The van der Waals surface area contributed by atoms with Gasteiger partial charge in [-0.25, -0.2) is 9.97 Å². The normalized spacial score (nSPS) is 15.9. The average Bonchev–Trinajstić information content (AvgIpc) is 2.48. The molecule has 4 nitrogen and oxygen atoms in total. The van der Waals surface area contributed by atoms with Gasteiger partial charge in [0.1, 0.15) is 0 Å². The number of rotatable bonds is 3. The maximum Gasteiger partial charge on any atom is 0.227 e. The maximum absolute atomic E-state index is 4.48. The molecule has 21 heavy (non-hydrogen) atoms. The lowest BCUT2D eigenvalue weighted by Gasteiger charge is -2.25. The number of aryl methyl sites for hydroxylation is 2. The van der Waals surface area contributed by atoms with Gasteiger partial charge in [-0.15, -0.1) is 0 Å². The third-order valence-electron chi connectivity index (χ3n) is 3.97. The zero-order chi connectivity index (χ0) is 14.7. The van der Waals surface area contributed by atoms with Gasteiger partial charge in [0.15, 0.2) is 0 Å². The highest BCUT2D eigenvalue weighted by Crippen LogP contribution is 2.32. The van der Waals surface area contributed by atoms with E-state index in [1.54, 1.807) is 0 Å². The van der Waals surface area contributed by atoms with Crippen LogP contribution in [-0.4, -0.2) is 23.1 Å². The topological polar surface area (TPSA) is 49.8 Å². The summed E-state index contributed by atoms with van der Waals surface area (Å²) >= 11 is 0. The molecule has 110 valence electrons. The van der Waals surface area contributed by atoms with Crippen molar-refractivity contribution >= 4 is 11.6 Å². The van der Waals surface area contributed by atoms with Crippen molar-refractivity contribution in [1.82, 2.24) is 15.3 Å². The summed E-state index contributed by atoms with van der Waals surface area (Å²) < 4.78 is 0. The van der Waals surface area contributed by atoms with Crippen molar-refractivity contribution in [1.29, 1.82) is 0 Å². The largest absolute Gasteiger partial charge is 0.324 e. The fourth-order valence-corrected chi connectivity index (χ4v) is 3.00. The van der Waals surface area contributed by atoms with Crippen LogP contribution in [-0.2, 0) is 0 Å². The highest BCUT2D eigenvalue weighted by Gasteiger charge is 2.18. The lowest BCUT2D eigenvalue weighted by atomic mass is 9.89. The minimum absolute atomic E-state index is 0.612. The SMILES string of the molecule is Cc1cc(C)nc(Nc2ccccc2C2CCNCC2)n1. The molecule has 2 N–H and O–H groups in total.